The molecule has 0 atom stereocenters. The van der Waals surface area contributed by atoms with Gasteiger partial charge in [0.1, 0.15) is 0 Å². The number of nitrogens with zero attached hydrogens (tertiary/aromatic N) is 4. The van der Waals surface area contributed by atoms with E-state index in [4.69, 9.17) is 10.2 Å². The van der Waals surface area contributed by atoms with Crippen molar-refractivity contribution in [1.29, 1.82) is 0 Å². The SMILES string of the molecule is O=P(c1ccccc1)(c1ccccc1)c1ccc(-c2nnc(-c3cccc(-n4c5ccccc5c5ccccc54)c3)n2-c2ccccc2)cc1. The van der Waals surface area contributed by atoms with Crippen molar-refractivity contribution in [2.24, 2.45) is 0 Å². The molecule has 7 aromatic carbocycles. The van der Waals surface area contributed by atoms with Gasteiger partial charge >= 0.3 is 0 Å². The Morgan fingerprint density at radius 3 is 1.42 bits per heavy atom. The van der Waals surface area contributed by atoms with Gasteiger partial charge in [0.2, 0.25) is 0 Å². The van der Waals surface area contributed by atoms with E-state index in [1.165, 1.54) is 10.8 Å². The van der Waals surface area contributed by atoms with Gasteiger partial charge in [0.15, 0.2) is 18.8 Å². The fraction of sp³-hybridized carbons (Fsp3) is 0. The van der Waals surface area contributed by atoms with E-state index < -0.39 is 7.14 Å². The van der Waals surface area contributed by atoms with E-state index in [0.717, 1.165) is 55.3 Å². The lowest BCUT2D eigenvalue weighted by molar-refractivity contribution is 0.592. The Morgan fingerprint density at radius 2 is 0.840 bits per heavy atom. The average molecular weight is 663 g/mol. The van der Waals surface area contributed by atoms with Crippen molar-refractivity contribution in [2.45, 2.75) is 0 Å². The van der Waals surface area contributed by atoms with Gasteiger partial charge in [-0.2, -0.15) is 0 Å². The summed E-state index contributed by atoms with van der Waals surface area (Å²) in [6.07, 6.45) is 0. The number of aromatic nitrogens is 4. The van der Waals surface area contributed by atoms with E-state index in [9.17, 15) is 0 Å². The van der Waals surface area contributed by atoms with Crippen molar-refractivity contribution in [3.8, 4) is 34.2 Å². The summed E-state index contributed by atoms with van der Waals surface area (Å²) in [7, 11) is -3.11. The van der Waals surface area contributed by atoms with E-state index in [1.807, 2.05) is 103 Å². The molecule has 0 amide bonds. The van der Waals surface area contributed by atoms with Gasteiger partial charge in [-0.05, 0) is 36.4 Å². The molecule has 2 aromatic heterocycles. The Kier molecular flexibility index (Phi) is 7.34. The van der Waals surface area contributed by atoms with Crippen LogP contribution in [0.15, 0.2) is 188 Å². The largest absolute Gasteiger partial charge is 0.309 e. The van der Waals surface area contributed by atoms with E-state index in [-0.39, 0.29) is 0 Å². The highest BCUT2D eigenvalue weighted by Crippen LogP contribution is 2.43. The zero-order chi connectivity index (χ0) is 33.5. The van der Waals surface area contributed by atoms with Crippen molar-refractivity contribution >= 4 is 44.9 Å². The first-order valence-corrected chi connectivity index (χ1v) is 18.3. The van der Waals surface area contributed by atoms with Gasteiger partial charge in [0, 0.05) is 49.2 Å². The quantitative estimate of drug-likeness (QED) is 0.160. The van der Waals surface area contributed by atoms with Crippen LogP contribution in [0.3, 0.4) is 0 Å². The van der Waals surface area contributed by atoms with Crippen LogP contribution in [0.2, 0.25) is 0 Å². The molecular formula is C44H31N4OP. The van der Waals surface area contributed by atoms with E-state index in [1.54, 1.807) is 0 Å². The maximum Gasteiger partial charge on any atom is 0.171 e. The zero-order valence-corrected chi connectivity index (χ0v) is 27.9. The van der Waals surface area contributed by atoms with Crippen molar-refractivity contribution in [2.75, 3.05) is 0 Å². The first kappa shape index (κ1) is 29.8. The monoisotopic (exact) mass is 662 g/mol. The smallest absolute Gasteiger partial charge is 0.171 e. The molecule has 0 aliphatic heterocycles. The Balaban J connectivity index is 1.18. The lowest BCUT2D eigenvalue weighted by Gasteiger charge is -2.20. The summed E-state index contributed by atoms with van der Waals surface area (Å²) in [5, 5.41) is 14.4. The van der Waals surface area contributed by atoms with Gasteiger partial charge in [0.05, 0.1) is 11.0 Å². The van der Waals surface area contributed by atoms with Crippen LogP contribution in [-0.4, -0.2) is 19.3 Å². The summed E-state index contributed by atoms with van der Waals surface area (Å²) in [4.78, 5) is 0. The average Bonchev–Trinajstić information content (AvgIpc) is 3.79. The second-order valence-corrected chi connectivity index (χ2v) is 15.0. The molecule has 0 saturated heterocycles. The number of rotatable bonds is 7. The van der Waals surface area contributed by atoms with Gasteiger partial charge in [-0.25, -0.2) is 0 Å². The highest BCUT2D eigenvalue weighted by Gasteiger charge is 2.30. The van der Waals surface area contributed by atoms with Crippen LogP contribution in [0, 0.1) is 0 Å². The summed E-state index contributed by atoms with van der Waals surface area (Å²) < 4.78 is 19.4. The van der Waals surface area contributed by atoms with Crippen molar-refractivity contribution in [3.63, 3.8) is 0 Å². The molecule has 0 spiro atoms. The summed E-state index contributed by atoms with van der Waals surface area (Å²) >= 11 is 0. The first-order valence-electron chi connectivity index (χ1n) is 16.6. The predicted octanol–water partition coefficient (Wildman–Crippen LogP) is 9.34. The lowest BCUT2D eigenvalue weighted by atomic mass is 10.1. The minimum absolute atomic E-state index is 0.703. The standard InChI is InChI=1S/C44H31N4OP/c49-50(36-19-6-2-7-20-36,37-21-8-3-9-22-37)38-29-27-32(28-30-38)43-45-46-44(48(43)34-16-4-1-5-17-34)33-15-14-18-35(31-33)47-41-25-12-10-23-39(41)40-24-11-13-26-42(40)47/h1-31H. The summed E-state index contributed by atoms with van der Waals surface area (Å²) in [5.74, 6) is 1.44. The predicted molar refractivity (Wildman–Crippen MR) is 206 cm³/mol. The van der Waals surface area contributed by atoms with Crippen LogP contribution < -0.4 is 15.9 Å². The maximum atomic E-state index is 15.0. The normalized spacial score (nSPS) is 11.7. The Bertz CT molecular complexity index is 2570. The van der Waals surface area contributed by atoms with Gasteiger partial charge in [-0.1, -0.05) is 152 Å². The van der Waals surface area contributed by atoms with Crippen LogP contribution in [-0.2, 0) is 4.57 Å². The highest BCUT2D eigenvalue weighted by molar-refractivity contribution is 7.85. The van der Waals surface area contributed by atoms with Gasteiger partial charge in [-0.3, -0.25) is 4.57 Å². The van der Waals surface area contributed by atoms with Crippen LogP contribution >= 0.6 is 7.14 Å². The van der Waals surface area contributed by atoms with Crippen molar-refractivity contribution in [3.05, 3.63) is 188 Å². The molecule has 0 saturated carbocycles. The third kappa shape index (κ3) is 4.91. The fourth-order valence-corrected chi connectivity index (χ4v) is 9.66. The fourth-order valence-electron chi connectivity index (χ4n) is 7.01. The van der Waals surface area contributed by atoms with Gasteiger partial charge in [0.25, 0.3) is 0 Å². The Labute approximate surface area is 290 Å². The van der Waals surface area contributed by atoms with Crippen molar-refractivity contribution < 1.29 is 4.57 Å². The molecule has 9 aromatic rings. The second kappa shape index (κ2) is 12.3. The number of para-hydroxylation sites is 3. The third-order valence-corrected chi connectivity index (χ3v) is 12.4. The van der Waals surface area contributed by atoms with Gasteiger partial charge < -0.3 is 9.13 Å². The van der Waals surface area contributed by atoms with Crippen LogP contribution in [0.5, 0.6) is 0 Å². The first-order chi connectivity index (χ1) is 24.7. The van der Waals surface area contributed by atoms with E-state index >= 15 is 4.57 Å². The molecule has 5 nitrogen and oxygen atoms in total. The lowest BCUT2D eigenvalue weighted by Crippen LogP contribution is -2.24. The summed E-state index contributed by atoms with van der Waals surface area (Å²) in [6.45, 7) is 0. The molecule has 0 radical (unpaired) electrons. The number of benzene rings is 7. The van der Waals surface area contributed by atoms with Crippen molar-refractivity contribution in [1.82, 2.24) is 19.3 Å². The minimum atomic E-state index is -3.11. The zero-order valence-electron chi connectivity index (χ0n) is 27.0. The van der Waals surface area contributed by atoms with Crippen LogP contribution in [0.1, 0.15) is 0 Å². The van der Waals surface area contributed by atoms with Crippen LogP contribution in [0.4, 0.5) is 0 Å². The van der Waals surface area contributed by atoms with E-state index in [2.05, 4.69) is 94.1 Å². The molecule has 0 N–H and O–H groups in total. The minimum Gasteiger partial charge on any atom is -0.309 e. The molecule has 0 aliphatic carbocycles. The second-order valence-electron chi connectivity index (χ2n) is 12.3. The Morgan fingerprint density at radius 1 is 0.380 bits per heavy atom. The maximum absolute atomic E-state index is 15.0. The molecule has 0 bridgehead atoms. The molecular weight excluding hydrogens is 631 g/mol. The molecule has 0 fully saturated rings. The number of fused-ring (bicyclic) bond motifs is 3. The molecule has 50 heavy (non-hydrogen) atoms. The number of hydrogen-bond acceptors (Lipinski definition) is 3. The van der Waals surface area contributed by atoms with E-state index in [0.29, 0.717) is 5.82 Å². The third-order valence-electron chi connectivity index (χ3n) is 9.35. The van der Waals surface area contributed by atoms with Crippen LogP contribution in [0.25, 0.3) is 56.0 Å². The Hall–Kier alpha value is -6.29. The highest BCUT2D eigenvalue weighted by atomic mass is 31.2. The summed E-state index contributed by atoms with van der Waals surface area (Å²) in [6, 6.07) is 63.2. The molecule has 2 heterocycles. The summed E-state index contributed by atoms with van der Waals surface area (Å²) in [5.41, 5.74) is 6.13. The molecule has 6 heteroatoms. The topological polar surface area (TPSA) is 52.7 Å². The molecule has 238 valence electrons. The number of hydrogen-bond donors (Lipinski definition) is 0. The molecule has 0 aliphatic rings. The molecule has 9 rings (SSSR count). The van der Waals surface area contributed by atoms with Gasteiger partial charge in [-0.15, -0.1) is 10.2 Å². The molecule has 0 unspecified atom stereocenters.